The molecule has 1 aliphatic rings. The third-order valence-corrected chi connectivity index (χ3v) is 4.75. The van der Waals surface area contributed by atoms with Crippen molar-refractivity contribution in [2.45, 2.75) is 70.5 Å². The Balaban J connectivity index is 2.59. The molecule has 0 heterocycles. The maximum atomic E-state index is 13.8. The minimum Gasteiger partial charge on any atom is -0.481 e. The van der Waals surface area contributed by atoms with E-state index in [1.54, 1.807) is 0 Å². The smallest absolute Gasteiger partial charge is 0.303 e. The number of hydrogen-bond acceptors (Lipinski definition) is 4. The molecule has 6 heteroatoms. The van der Waals surface area contributed by atoms with E-state index in [4.69, 9.17) is 5.11 Å². The normalized spacial score (nSPS) is 25.0. The van der Waals surface area contributed by atoms with E-state index in [1.807, 2.05) is 19.1 Å². The summed E-state index contributed by atoms with van der Waals surface area (Å²) in [7, 11) is 0. The van der Waals surface area contributed by atoms with Crippen LogP contribution in [0.2, 0.25) is 0 Å². The third-order valence-electron chi connectivity index (χ3n) is 4.75. The van der Waals surface area contributed by atoms with E-state index in [2.05, 4.69) is 0 Å². The molecular formula is C21H31FO5. The van der Waals surface area contributed by atoms with Gasteiger partial charge in [0.15, 0.2) is 0 Å². The number of aliphatic hydroxyl groups is 2. The Morgan fingerprint density at radius 1 is 1.30 bits per heavy atom. The van der Waals surface area contributed by atoms with Crippen LogP contribution in [-0.4, -0.2) is 39.3 Å². The number of unbranched alkanes of at least 4 members (excludes halogenated alkanes) is 3. The molecule has 3 N–H and O–H groups in total. The lowest BCUT2D eigenvalue weighted by molar-refractivity contribution is -0.137. The van der Waals surface area contributed by atoms with Gasteiger partial charge in [-0.05, 0) is 38.2 Å². The highest BCUT2D eigenvalue weighted by molar-refractivity contribution is 5.84. The van der Waals surface area contributed by atoms with Crippen molar-refractivity contribution < 1.29 is 29.3 Å². The van der Waals surface area contributed by atoms with Gasteiger partial charge in [-0.2, -0.15) is 0 Å². The fourth-order valence-electron chi connectivity index (χ4n) is 3.15. The third kappa shape index (κ3) is 8.63. The van der Waals surface area contributed by atoms with Gasteiger partial charge in [0.05, 0.1) is 6.10 Å². The second-order valence-corrected chi connectivity index (χ2v) is 6.98. The van der Waals surface area contributed by atoms with Crippen molar-refractivity contribution in [1.82, 2.24) is 0 Å². The quantitative estimate of drug-likeness (QED) is 0.353. The topological polar surface area (TPSA) is 94.8 Å². The molecule has 0 spiro atoms. The lowest BCUT2D eigenvalue weighted by Gasteiger charge is -2.16. The van der Waals surface area contributed by atoms with Gasteiger partial charge in [-0.15, -0.1) is 0 Å². The van der Waals surface area contributed by atoms with E-state index in [0.717, 1.165) is 12.8 Å². The number of allylic oxidation sites excluding steroid dienone is 3. The number of ketones is 1. The van der Waals surface area contributed by atoms with Crippen LogP contribution in [0.5, 0.6) is 0 Å². The van der Waals surface area contributed by atoms with Crippen molar-refractivity contribution >= 4 is 11.8 Å². The maximum Gasteiger partial charge on any atom is 0.303 e. The van der Waals surface area contributed by atoms with Gasteiger partial charge in [0.1, 0.15) is 17.7 Å². The number of aliphatic hydroxyl groups excluding tert-OH is 2. The molecule has 0 aromatic heterocycles. The number of carboxylic acid groups (broad SMARTS) is 1. The van der Waals surface area contributed by atoms with Crippen molar-refractivity contribution in [3.63, 3.8) is 0 Å². The summed E-state index contributed by atoms with van der Waals surface area (Å²) in [5.41, 5.74) is 0. The van der Waals surface area contributed by atoms with E-state index in [9.17, 15) is 24.2 Å². The Labute approximate surface area is 160 Å². The Bertz CT molecular complexity index is 567. The molecule has 1 saturated carbocycles. The van der Waals surface area contributed by atoms with Gasteiger partial charge in [-0.25, -0.2) is 4.39 Å². The fourth-order valence-corrected chi connectivity index (χ4v) is 3.15. The summed E-state index contributed by atoms with van der Waals surface area (Å²) in [5.74, 6) is -2.38. The van der Waals surface area contributed by atoms with Crippen LogP contribution in [0.15, 0.2) is 36.2 Å². The number of carboxylic acids is 1. The standard InChI is InChI=1S/C21H31FO5/c1-2-3-6-10-17(22)18(23)13-12-16-15(19(24)14-20(16)25)9-7-4-5-8-11-21(26)27/h4,7,10,12-13,15-16,18,20,23,25H,2-3,5-6,8-9,11,14H2,1H3,(H,26,27)/b7-4-,13-12+,17-10-/t15-,16-,18-,20-/m1/s1. The molecule has 152 valence electrons. The molecule has 0 unspecified atom stereocenters. The summed E-state index contributed by atoms with van der Waals surface area (Å²) in [6, 6.07) is 0. The van der Waals surface area contributed by atoms with Gasteiger partial charge >= 0.3 is 5.97 Å². The fraction of sp³-hybridized carbons (Fsp3) is 0.619. The van der Waals surface area contributed by atoms with Crippen LogP contribution in [0, 0.1) is 11.8 Å². The number of rotatable bonds is 12. The molecule has 27 heavy (non-hydrogen) atoms. The molecule has 0 radical (unpaired) electrons. The summed E-state index contributed by atoms with van der Waals surface area (Å²) in [4.78, 5) is 22.6. The highest BCUT2D eigenvalue weighted by Gasteiger charge is 2.39. The van der Waals surface area contributed by atoms with Crippen LogP contribution in [0.1, 0.15) is 58.3 Å². The largest absolute Gasteiger partial charge is 0.481 e. The maximum absolute atomic E-state index is 13.8. The van der Waals surface area contributed by atoms with Crippen LogP contribution in [0.3, 0.4) is 0 Å². The lowest BCUT2D eigenvalue weighted by Crippen LogP contribution is -2.19. The molecule has 0 aromatic rings. The summed E-state index contributed by atoms with van der Waals surface area (Å²) in [6.07, 6.45) is 9.76. The first-order chi connectivity index (χ1) is 12.9. The van der Waals surface area contributed by atoms with Gasteiger partial charge in [-0.3, -0.25) is 9.59 Å². The van der Waals surface area contributed by atoms with Crippen molar-refractivity contribution in [3.8, 4) is 0 Å². The Morgan fingerprint density at radius 2 is 2.04 bits per heavy atom. The number of carbonyl (C=O) groups is 2. The second kappa shape index (κ2) is 12.6. The zero-order valence-electron chi connectivity index (χ0n) is 15.9. The first-order valence-corrected chi connectivity index (χ1v) is 9.66. The van der Waals surface area contributed by atoms with E-state index in [-0.39, 0.29) is 18.6 Å². The summed E-state index contributed by atoms with van der Waals surface area (Å²) < 4.78 is 13.8. The van der Waals surface area contributed by atoms with Crippen LogP contribution >= 0.6 is 0 Å². The predicted octanol–water partition coefficient (Wildman–Crippen LogP) is 3.71. The average Bonchev–Trinajstić information content (AvgIpc) is 2.88. The van der Waals surface area contributed by atoms with Crippen LogP contribution in [0.25, 0.3) is 0 Å². The highest BCUT2D eigenvalue weighted by Crippen LogP contribution is 2.33. The first kappa shape index (κ1) is 23.2. The zero-order chi connectivity index (χ0) is 20.2. The van der Waals surface area contributed by atoms with Crippen LogP contribution in [0.4, 0.5) is 4.39 Å². The molecule has 0 bridgehead atoms. The molecule has 4 atom stereocenters. The highest BCUT2D eigenvalue weighted by atomic mass is 19.1. The molecule has 1 fully saturated rings. The molecule has 0 aromatic carbocycles. The Hall–Kier alpha value is -1.79. The number of aliphatic carboxylic acids is 1. The SMILES string of the molecule is CCCC/C=C(\F)[C@H](O)/C=C/[C@H]1[C@H](O)CC(=O)[C@@H]1C/C=C\CCCC(=O)O. The van der Waals surface area contributed by atoms with Crippen LogP contribution < -0.4 is 0 Å². The molecule has 0 amide bonds. The summed E-state index contributed by atoms with van der Waals surface area (Å²) in [5, 5.41) is 28.6. The summed E-state index contributed by atoms with van der Waals surface area (Å²) >= 11 is 0. The molecule has 1 rings (SSSR count). The van der Waals surface area contributed by atoms with Crippen molar-refractivity contribution in [3.05, 3.63) is 36.2 Å². The molecule has 0 saturated heterocycles. The van der Waals surface area contributed by atoms with E-state index in [1.165, 1.54) is 18.2 Å². The minimum atomic E-state index is -1.36. The van der Waals surface area contributed by atoms with Crippen molar-refractivity contribution in [2.75, 3.05) is 0 Å². The number of carbonyl (C=O) groups excluding carboxylic acids is 1. The predicted molar refractivity (Wildman–Crippen MR) is 102 cm³/mol. The van der Waals surface area contributed by atoms with Gasteiger partial charge in [-0.1, -0.05) is 37.6 Å². The molecule has 0 aliphatic heterocycles. The number of halogens is 1. The van der Waals surface area contributed by atoms with E-state index < -0.39 is 35.8 Å². The first-order valence-electron chi connectivity index (χ1n) is 9.66. The zero-order valence-corrected chi connectivity index (χ0v) is 15.9. The van der Waals surface area contributed by atoms with Crippen molar-refractivity contribution in [1.29, 1.82) is 0 Å². The Morgan fingerprint density at radius 3 is 2.70 bits per heavy atom. The van der Waals surface area contributed by atoms with E-state index >= 15 is 0 Å². The molecular weight excluding hydrogens is 351 g/mol. The van der Waals surface area contributed by atoms with Gasteiger partial charge < -0.3 is 15.3 Å². The summed E-state index contributed by atoms with van der Waals surface area (Å²) in [6.45, 7) is 2.00. The number of hydrogen-bond donors (Lipinski definition) is 3. The van der Waals surface area contributed by atoms with Crippen molar-refractivity contribution in [2.24, 2.45) is 11.8 Å². The van der Waals surface area contributed by atoms with Crippen LogP contribution in [-0.2, 0) is 9.59 Å². The number of Topliss-reactive ketones (excluding diaryl/α,β-unsaturated/α-hetero) is 1. The van der Waals surface area contributed by atoms with E-state index in [0.29, 0.717) is 25.7 Å². The monoisotopic (exact) mass is 382 g/mol. The molecule has 1 aliphatic carbocycles. The van der Waals surface area contributed by atoms with Gasteiger partial charge in [0.25, 0.3) is 0 Å². The van der Waals surface area contributed by atoms with Gasteiger partial charge in [0.2, 0.25) is 0 Å². The molecule has 5 nitrogen and oxygen atoms in total. The lowest BCUT2D eigenvalue weighted by atomic mass is 9.90. The van der Waals surface area contributed by atoms with Gasteiger partial charge in [0, 0.05) is 24.7 Å². The second-order valence-electron chi connectivity index (χ2n) is 6.98. The minimum absolute atomic E-state index is 0.0530. The average molecular weight is 382 g/mol. The Kier molecular flexibility index (Phi) is 10.8.